The third-order valence-electron chi connectivity index (χ3n) is 6.83. The van der Waals surface area contributed by atoms with Crippen molar-refractivity contribution < 1.29 is 22.7 Å². The minimum absolute atomic E-state index is 0.123. The fraction of sp³-hybridized carbons (Fsp3) is 0.667. The number of hydrogen-bond acceptors (Lipinski definition) is 6. The van der Waals surface area contributed by atoms with Crippen molar-refractivity contribution in [2.24, 2.45) is 0 Å². The number of nitrogens with one attached hydrogen (secondary N) is 1. The molecule has 0 spiro atoms. The summed E-state index contributed by atoms with van der Waals surface area (Å²) in [6.07, 6.45) is 8.64. The summed E-state index contributed by atoms with van der Waals surface area (Å²) in [5.74, 6) is -0.219. The van der Waals surface area contributed by atoms with E-state index in [1.54, 1.807) is 6.07 Å². The van der Waals surface area contributed by atoms with Gasteiger partial charge in [0.25, 0.3) is 5.91 Å². The van der Waals surface area contributed by atoms with Gasteiger partial charge in [0.2, 0.25) is 15.9 Å². The second kappa shape index (κ2) is 11.5. The highest BCUT2D eigenvalue weighted by Crippen LogP contribution is 2.35. The van der Waals surface area contributed by atoms with E-state index < -0.39 is 10.0 Å². The number of hydrogen-bond donors (Lipinski definition) is 1. The molecule has 2 amide bonds. The number of carbonyl (C=O) groups is 2. The Hall–Kier alpha value is -2.17. The quantitative estimate of drug-likeness (QED) is 0.625. The largest absolute Gasteiger partial charge is 0.482 e. The van der Waals surface area contributed by atoms with Gasteiger partial charge in [-0.2, -0.15) is 4.31 Å². The van der Waals surface area contributed by atoms with Gasteiger partial charge in [-0.15, -0.1) is 0 Å². The fourth-order valence-corrected chi connectivity index (χ4v) is 6.40. The Morgan fingerprint density at radius 3 is 2.26 bits per heavy atom. The number of anilines is 1. The zero-order valence-electron chi connectivity index (χ0n) is 19.8. The van der Waals surface area contributed by atoms with Crippen molar-refractivity contribution in [3.63, 3.8) is 0 Å². The van der Waals surface area contributed by atoms with Gasteiger partial charge in [0, 0.05) is 26.2 Å². The maximum atomic E-state index is 13.3. The highest BCUT2D eigenvalue weighted by molar-refractivity contribution is 7.89. The number of rotatable bonds is 7. The lowest BCUT2D eigenvalue weighted by molar-refractivity contribution is -0.125. The summed E-state index contributed by atoms with van der Waals surface area (Å²) < 4.78 is 33.5. The van der Waals surface area contributed by atoms with Crippen LogP contribution in [0, 0.1) is 0 Å². The molecule has 10 heteroatoms. The number of likely N-dealkylation sites (tertiary alicyclic amines) is 1. The maximum Gasteiger partial charge on any atom is 0.265 e. The molecule has 9 nitrogen and oxygen atoms in total. The van der Waals surface area contributed by atoms with Crippen molar-refractivity contribution >= 4 is 27.5 Å². The van der Waals surface area contributed by atoms with Gasteiger partial charge in [-0.3, -0.25) is 14.5 Å². The second-order valence-corrected chi connectivity index (χ2v) is 11.3. The lowest BCUT2D eigenvalue weighted by atomic mass is 10.2. The molecule has 0 atom stereocenters. The average Bonchev–Trinajstić information content (AvgIpc) is 3.26. The lowest BCUT2D eigenvalue weighted by Gasteiger charge is -2.30. The third kappa shape index (κ3) is 6.09. The molecule has 4 rings (SSSR count). The minimum Gasteiger partial charge on any atom is -0.482 e. The molecule has 1 N–H and O–H groups in total. The molecule has 0 aliphatic carbocycles. The van der Waals surface area contributed by atoms with Crippen molar-refractivity contribution in [2.75, 3.05) is 57.3 Å². The molecule has 188 valence electrons. The topological polar surface area (TPSA) is 99.3 Å². The molecule has 0 unspecified atom stereocenters. The number of benzene rings is 1. The molecule has 2 saturated heterocycles. The van der Waals surface area contributed by atoms with Crippen LogP contribution in [-0.2, 0) is 19.6 Å². The van der Waals surface area contributed by atoms with Crippen LogP contribution < -0.4 is 15.0 Å². The van der Waals surface area contributed by atoms with Crippen molar-refractivity contribution in [2.45, 2.75) is 56.3 Å². The van der Waals surface area contributed by atoms with E-state index in [9.17, 15) is 18.0 Å². The number of amides is 2. The zero-order valence-corrected chi connectivity index (χ0v) is 20.7. The van der Waals surface area contributed by atoms with Crippen LogP contribution in [0.4, 0.5) is 5.69 Å². The Morgan fingerprint density at radius 1 is 0.941 bits per heavy atom. The first-order valence-electron chi connectivity index (χ1n) is 12.5. The van der Waals surface area contributed by atoms with Crippen LogP contribution >= 0.6 is 0 Å². The highest BCUT2D eigenvalue weighted by Gasteiger charge is 2.31. The van der Waals surface area contributed by atoms with Crippen LogP contribution in [-0.4, -0.2) is 81.9 Å². The molecule has 3 aliphatic rings. The summed E-state index contributed by atoms with van der Waals surface area (Å²) in [5.41, 5.74) is 0.329. The van der Waals surface area contributed by atoms with Gasteiger partial charge in [-0.25, -0.2) is 8.42 Å². The predicted octanol–water partition coefficient (Wildman–Crippen LogP) is 1.97. The molecule has 3 aliphatic heterocycles. The van der Waals surface area contributed by atoms with Crippen LogP contribution in [0.3, 0.4) is 0 Å². The van der Waals surface area contributed by atoms with Crippen molar-refractivity contribution in [3.05, 3.63) is 18.2 Å². The normalized spacial score (nSPS) is 20.7. The Labute approximate surface area is 202 Å². The molecule has 2 fully saturated rings. The van der Waals surface area contributed by atoms with E-state index in [1.807, 2.05) is 0 Å². The fourth-order valence-electron chi connectivity index (χ4n) is 4.86. The van der Waals surface area contributed by atoms with E-state index in [0.29, 0.717) is 31.1 Å². The summed E-state index contributed by atoms with van der Waals surface area (Å²) in [6.45, 7) is 4.08. The van der Waals surface area contributed by atoms with E-state index in [2.05, 4.69) is 10.2 Å². The van der Waals surface area contributed by atoms with Crippen LogP contribution in [0.15, 0.2) is 23.1 Å². The number of sulfonamides is 1. The number of carbonyl (C=O) groups excluding carboxylic acids is 2. The first-order chi connectivity index (χ1) is 16.4. The van der Waals surface area contributed by atoms with E-state index >= 15 is 0 Å². The van der Waals surface area contributed by atoms with E-state index in [1.165, 1.54) is 47.0 Å². The molecule has 0 radical (unpaired) electrons. The van der Waals surface area contributed by atoms with E-state index in [-0.39, 0.29) is 29.9 Å². The van der Waals surface area contributed by atoms with Gasteiger partial charge >= 0.3 is 0 Å². The Kier molecular flexibility index (Phi) is 8.44. The van der Waals surface area contributed by atoms with Gasteiger partial charge in [0.1, 0.15) is 12.3 Å². The van der Waals surface area contributed by atoms with E-state index in [4.69, 9.17) is 4.74 Å². The van der Waals surface area contributed by atoms with Crippen LogP contribution in [0.2, 0.25) is 0 Å². The molecular formula is C24H36N4O5S. The predicted molar refractivity (Wildman–Crippen MR) is 129 cm³/mol. The van der Waals surface area contributed by atoms with Crippen LogP contribution in [0.25, 0.3) is 0 Å². The molecule has 34 heavy (non-hydrogen) atoms. The summed E-state index contributed by atoms with van der Waals surface area (Å²) in [5, 5.41) is 2.91. The first-order valence-corrected chi connectivity index (χ1v) is 14.0. The lowest BCUT2D eigenvalue weighted by Crippen LogP contribution is -2.46. The second-order valence-electron chi connectivity index (χ2n) is 9.32. The molecular weight excluding hydrogens is 456 g/mol. The smallest absolute Gasteiger partial charge is 0.265 e. The van der Waals surface area contributed by atoms with Gasteiger partial charge < -0.3 is 15.0 Å². The van der Waals surface area contributed by atoms with Gasteiger partial charge in [-0.05, 0) is 57.0 Å². The zero-order chi connectivity index (χ0) is 24.0. The molecule has 1 aromatic carbocycles. The Morgan fingerprint density at radius 2 is 1.59 bits per heavy atom. The Balaban J connectivity index is 1.43. The first kappa shape index (κ1) is 24.9. The molecule has 0 saturated carbocycles. The molecule has 1 aromatic rings. The van der Waals surface area contributed by atoms with Crippen molar-refractivity contribution in [1.82, 2.24) is 14.5 Å². The van der Waals surface area contributed by atoms with Crippen LogP contribution in [0.5, 0.6) is 5.75 Å². The average molecular weight is 493 g/mol. The molecule has 0 bridgehead atoms. The summed E-state index contributed by atoms with van der Waals surface area (Å²) in [7, 11) is -3.68. The van der Waals surface area contributed by atoms with Crippen molar-refractivity contribution in [3.8, 4) is 5.75 Å². The Bertz CT molecular complexity index is 968. The van der Waals surface area contributed by atoms with Gasteiger partial charge in [0.05, 0.1) is 10.6 Å². The van der Waals surface area contributed by atoms with E-state index in [0.717, 1.165) is 45.3 Å². The molecule has 3 heterocycles. The standard InChI is InChI=1S/C24H36N4O5S/c29-23(25-11-16-26-12-5-1-2-6-13-26)18-28-21-17-20(9-10-22(21)33-19-24(28)30)34(31,32)27-14-7-3-4-8-15-27/h9-10,17H,1-8,11-16,18-19H2,(H,25,29). The van der Waals surface area contributed by atoms with Crippen LogP contribution in [0.1, 0.15) is 51.4 Å². The summed E-state index contributed by atoms with van der Waals surface area (Å²) in [4.78, 5) is 29.1. The third-order valence-corrected chi connectivity index (χ3v) is 8.72. The van der Waals surface area contributed by atoms with Gasteiger partial charge in [0.15, 0.2) is 6.61 Å². The van der Waals surface area contributed by atoms with Crippen molar-refractivity contribution in [1.29, 1.82) is 0 Å². The number of nitrogens with zero attached hydrogens (tertiary/aromatic N) is 3. The minimum atomic E-state index is -3.68. The number of fused-ring (bicyclic) bond motifs is 1. The highest BCUT2D eigenvalue weighted by atomic mass is 32.2. The monoisotopic (exact) mass is 492 g/mol. The SMILES string of the molecule is O=C(CN1C(=O)COc2ccc(S(=O)(=O)N3CCCCCC3)cc21)NCCN1CCCCCC1. The summed E-state index contributed by atoms with van der Waals surface area (Å²) >= 11 is 0. The summed E-state index contributed by atoms with van der Waals surface area (Å²) in [6, 6.07) is 4.57. The van der Waals surface area contributed by atoms with Gasteiger partial charge in [-0.1, -0.05) is 25.7 Å². The maximum absolute atomic E-state index is 13.3. The number of ether oxygens (including phenoxy) is 1. The molecule has 0 aromatic heterocycles.